The summed E-state index contributed by atoms with van der Waals surface area (Å²) in [5.74, 6) is 1.84. The number of hydrogen-bond acceptors (Lipinski definition) is 5. The number of rotatable bonds is 7. The highest BCUT2D eigenvalue weighted by Gasteiger charge is 2.19. The Balaban J connectivity index is 1.27. The largest absolute Gasteiger partial charge is 0.352 e. The van der Waals surface area contributed by atoms with Crippen LogP contribution in [0.3, 0.4) is 0 Å². The van der Waals surface area contributed by atoms with E-state index in [0.29, 0.717) is 40.3 Å². The smallest absolute Gasteiger partial charge is 0.259 e. The van der Waals surface area contributed by atoms with Crippen molar-refractivity contribution in [1.82, 2.24) is 15.3 Å². The molecule has 1 amide bonds. The fourth-order valence-corrected chi connectivity index (χ4v) is 6.12. The lowest BCUT2D eigenvalue weighted by Crippen LogP contribution is -2.23. The summed E-state index contributed by atoms with van der Waals surface area (Å²) in [5.41, 5.74) is 2.00. The van der Waals surface area contributed by atoms with Gasteiger partial charge in [0.25, 0.3) is 5.56 Å². The van der Waals surface area contributed by atoms with Gasteiger partial charge in [-0.3, -0.25) is 9.59 Å². The Morgan fingerprint density at radius 3 is 2.93 bits per heavy atom. The predicted octanol–water partition coefficient (Wildman–Crippen LogP) is 5.11. The molecule has 2 heterocycles. The summed E-state index contributed by atoms with van der Waals surface area (Å²) in [5, 5.41) is 4.76. The molecular weight excluding hydrogens is 461 g/mol. The van der Waals surface area contributed by atoms with Crippen LogP contribution < -0.4 is 10.9 Å². The Hall–Kier alpha value is -1.54. The molecule has 0 radical (unpaired) electrons. The van der Waals surface area contributed by atoms with E-state index in [-0.39, 0.29) is 11.5 Å². The SMILES string of the molecule is O=C(CCSCc1nc2sc3c(c2c(=O)[nH]1)CCCC3)NCc1ccc(Cl)cc1Cl. The normalized spacial score (nSPS) is 13.4. The molecule has 9 heteroatoms. The Kier molecular flexibility index (Phi) is 7.03. The van der Waals surface area contributed by atoms with Gasteiger partial charge in [-0.25, -0.2) is 4.98 Å². The van der Waals surface area contributed by atoms with Gasteiger partial charge in [-0.05, 0) is 48.9 Å². The summed E-state index contributed by atoms with van der Waals surface area (Å²) in [6.07, 6.45) is 4.74. The second-order valence-corrected chi connectivity index (χ2v) is 10.3. The number of nitrogens with zero attached hydrogens (tertiary/aromatic N) is 1. The van der Waals surface area contributed by atoms with Crippen LogP contribution in [-0.2, 0) is 29.9 Å². The van der Waals surface area contributed by atoms with E-state index >= 15 is 0 Å². The molecule has 0 atom stereocenters. The van der Waals surface area contributed by atoms with Crippen molar-refractivity contribution >= 4 is 62.4 Å². The van der Waals surface area contributed by atoms with Crippen molar-refractivity contribution < 1.29 is 4.79 Å². The van der Waals surface area contributed by atoms with E-state index in [4.69, 9.17) is 23.2 Å². The molecule has 3 aromatic rings. The lowest BCUT2D eigenvalue weighted by Gasteiger charge is -2.09. The highest BCUT2D eigenvalue weighted by molar-refractivity contribution is 7.98. The van der Waals surface area contributed by atoms with Crippen LogP contribution >= 0.6 is 46.3 Å². The van der Waals surface area contributed by atoms with Crippen LogP contribution in [0, 0.1) is 0 Å². The first-order valence-electron chi connectivity index (χ1n) is 9.83. The van der Waals surface area contributed by atoms with Crippen LogP contribution in [0.4, 0.5) is 0 Å². The van der Waals surface area contributed by atoms with Crippen LogP contribution in [0.1, 0.15) is 41.1 Å². The molecule has 0 saturated carbocycles. The number of thiophene rings is 1. The zero-order chi connectivity index (χ0) is 21.1. The summed E-state index contributed by atoms with van der Waals surface area (Å²) in [6, 6.07) is 5.22. The molecule has 2 N–H and O–H groups in total. The number of nitrogens with one attached hydrogen (secondary N) is 2. The van der Waals surface area contributed by atoms with Crippen molar-refractivity contribution in [2.45, 2.75) is 44.4 Å². The summed E-state index contributed by atoms with van der Waals surface area (Å²) in [4.78, 5) is 34.4. The molecule has 158 valence electrons. The standard InChI is InChI=1S/C21H21Cl2N3O2S2/c22-13-6-5-12(15(23)9-13)10-24-18(27)7-8-29-11-17-25-20(28)19-14-3-1-2-4-16(14)30-21(19)26-17/h5-6,9H,1-4,7-8,10-11H2,(H,24,27)(H,25,26,28). The van der Waals surface area contributed by atoms with Gasteiger partial charge in [0.2, 0.25) is 5.91 Å². The number of H-pyrrole nitrogens is 1. The summed E-state index contributed by atoms with van der Waals surface area (Å²) >= 11 is 15.2. The minimum Gasteiger partial charge on any atom is -0.352 e. The number of thioether (sulfide) groups is 1. The number of aromatic nitrogens is 2. The number of hydrogen-bond donors (Lipinski definition) is 2. The Bertz CT molecular complexity index is 1140. The van der Waals surface area contributed by atoms with Gasteiger partial charge < -0.3 is 10.3 Å². The van der Waals surface area contributed by atoms with Gasteiger partial charge in [-0.2, -0.15) is 11.8 Å². The zero-order valence-electron chi connectivity index (χ0n) is 16.2. The summed E-state index contributed by atoms with van der Waals surface area (Å²) in [7, 11) is 0. The van der Waals surface area contributed by atoms with Gasteiger partial charge in [0.15, 0.2) is 0 Å². The van der Waals surface area contributed by atoms with E-state index in [9.17, 15) is 9.59 Å². The molecule has 0 spiro atoms. The van der Waals surface area contributed by atoms with Gasteiger partial charge in [0.1, 0.15) is 10.7 Å². The van der Waals surface area contributed by atoms with Crippen molar-refractivity contribution in [2.24, 2.45) is 0 Å². The lowest BCUT2D eigenvalue weighted by molar-refractivity contribution is -0.120. The molecule has 30 heavy (non-hydrogen) atoms. The minimum atomic E-state index is -0.0450. The fourth-order valence-electron chi connectivity index (χ4n) is 3.56. The van der Waals surface area contributed by atoms with Crippen LogP contribution in [0.2, 0.25) is 10.0 Å². The third-order valence-electron chi connectivity index (χ3n) is 5.08. The predicted molar refractivity (Wildman–Crippen MR) is 126 cm³/mol. The van der Waals surface area contributed by atoms with Crippen LogP contribution in [0.25, 0.3) is 10.2 Å². The molecule has 0 bridgehead atoms. The van der Waals surface area contributed by atoms with Crippen molar-refractivity contribution in [3.8, 4) is 0 Å². The Labute approximate surface area is 192 Å². The first-order valence-corrected chi connectivity index (χ1v) is 12.6. The van der Waals surface area contributed by atoms with Crippen molar-refractivity contribution in [1.29, 1.82) is 0 Å². The Morgan fingerprint density at radius 1 is 1.27 bits per heavy atom. The van der Waals surface area contributed by atoms with Gasteiger partial charge in [0, 0.05) is 33.6 Å². The van der Waals surface area contributed by atoms with Crippen LogP contribution in [0.15, 0.2) is 23.0 Å². The van der Waals surface area contributed by atoms with Crippen LogP contribution in [0.5, 0.6) is 0 Å². The minimum absolute atomic E-state index is 0.0346. The van der Waals surface area contributed by atoms with Crippen molar-refractivity contribution in [3.63, 3.8) is 0 Å². The summed E-state index contributed by atoms with van der Waals surface area (Å²) in [6.45, 7) is 0.369. The second kappa shape index (κ2) is 9.73. The first-order chi connectivity index (χ1) is 14.5. The third-order valence-corrected chi connectivity index (χ3v) is 7.82. The molecule has 1 aliphatic rings. The maximum atomic E-state index is 12.6. The number of benzene rings is 1. The molecule has 1 aromatic carbocycles. The third kappa shape index (κ3) is 5.02. The molecule has 1 aliphatic carbocycles. The van der Waals surface area contributed by atoms with Crippen LogP contribution in [-0.4, -0.2) is 21.6 Å². The molecular formula is C21H21Cl2N3O2S2. The fraction of sp³-hybridized carbons (Fsp3) is 0.381. The highest BCUT2D eigenvalue weighted by Crippen LogP contribution is 2.33. The van der Waals surface area contributed by atoms with E-state index in [0.717, 1.165) is 35.0 Å². The van der Waals surface area contributed by atoms with Gasteiger partial charge >= 0.3 is 0 Å². The Morgan fingerprint density at radius 2 is 2.10 bits per heavy atom. The lowest BCUT2D eigenvalue weighted by atomic mass is 9.97. The molecule has 2 aromatic heterocycles. The number of halogens is 2. The van der Waals surface area contributed by atoms with E-state index in [2.05, 4.69) is 15.3 Å². The van der Waals surface area contributed by atoms with E-state index in [1.54, 1.807) is 41.3 Å². The molecule has 0 unspecified atom stereocenters. The van der Waals surface area contributed by atoms with Gasteiger partial charge in [-0.15, -0.1) is 11.3 Å². The maximum Gasteiger partial charge on any atom is 0.259 e. The average Bonchev–Trinajstić information content (AvgIpc) is 3.09. The summed E-state index contributed by atoms with van der Waals surface area (Å²) < 4.78 is 0. The number of aromatic amines is 1. The number of carbonyl (C=O) groups excluding carboxylic acids is 1. The maximum absolute atomic E-state index is 12.6. The molecule has 0 saturated heterocycles. The first kappa shape index (κ1) is 21.7. The monoisotopic (exact) mass is 481 g/mol. The highest BCUT2D eigenvalue weighted by atomic mass is 35.5. The quantitative estimate of drug-likeness (QED) is 0.459. The van der Waals surface area contributed by atoms with E-state index in [1.807, 2.05) is 0 Å². The molecule has 5 nitrogen and oxygen atoms in total. The number of carbonyl (C=O) groups is 1. The van der Waals surface area contributed by atoms with Gasteiger partial charge in [0.05, 0.1) is 11.1 Å². The molecule has 0 aliphatic heterocycles. The molecule has 4 rings (SSSR count). The number of fused-ring (bicyclic) bond motifs is 3. The zero-order valence-corrected chi connectivity index (χ0v) is 19.4. The topological polar surface area (TPSA) is 74.8 Å². The number of aryl methyl sites for hydroxylation is 2. The second-order valence-electron chi connectivity index (χ2n) is 7.22. The van der Waals surface area contributed by atoms with Crippen molar-refractivity contribution in [2.75, 3.05) is 5.75 Å². The van der Waals surface area contributed by atoms with E-state index in [1.165, 1.54) is 16.9 Å². The van der Waals surface area contributed by atoms with E-state index < -0.39 is 0 Å². The number of amides is 1. The molecule has 0 fully saturated rings. The van der Waals surface area contributed by atoms with Crippen molar-refractivity contribution in [3.05, 3.63) is 60.4 Å². The van der Waals surface area contributed by atoms with Gasteiger partial charge in [-0.1, -0.05) is 29.3 Å². The average molecular weight is 482 g/mol.